The minimum Gasteiger partial charge on any atom is -0.466 e. The van der Waals surface area contributed by atoms with E-state index in [1.807, 2.05) is 12.2 Å². The monoisotopic (exact) mass is 204 g/mol. The van der Waals surface area contributed by atoms with Gasteiger partial charge in [-0.2, -0.15) is 0 Å². The van der Waals surface area contributed by atoms with Gasteiger partial charge in [-0.15, -0.1) is 0 Å². The maximum absolute atomic E-state index is 11.7. The molecule has 3 nitrogen and oxygen atoms in total. The van der Waals surface area contributed by atoms with Gasteiger partial charge >= 0.3 is 5.97 Å². The molecule has 4 aliphatic rings. The van der Waals surface area contributed by atoms with E-state index in [2.05, 4.69) is 12.2 Å². The molecule has 2 atom stereocenters. The van der Waals surface area contributed by atoms with Crippen molar-refractivity contribution in [2.24, 2.45) is 5.92 Å². The summed E-state index contributed by atoms with van der Waals surface area (Å²) in [5, 5.41) is 0. The van der Waals surface area contributed by atoms with Crippen LogP contribution in [0.4, 0.5) is 0 Å². The molecule has 78 valence electrons. The number of esters is 1. The Labute approximate surface area is 88.1 Å². The van der Waals surface area contributed by atoms with E-state index in [-0.39, 0.29) is 5.97 Å². The normalized spacial score (nSPS) is 35.9. The van der Waals surface area contributed by atoms with E-state index in [1.165, 1.54) is 12.7 Å². The maximum atomic E-state index is 11.7. The summed E-state index contributed by atoms with van der Waals surface area (Å²) in [6.07, 6.45) is 9.11. The van der Waals surface area contributed by atoms with Crippen LogP contribution in [-0.2, 0) is 14.3 Å². The smallest absolute Gasteiger partial charge is 0.337 e. The molecule has 4 rings (SSSR count). The molecule has 2 bridgehead atoms. The van der Waals surface area contributed by atoms with Crippen molar-refractivity contribution in [1.29, 1.82) is 0 Å². The molecular formula is C12H12O3. The minimum atomic E-state index is -0.595. The Hall–Kier alpha value is -1.35. The van der Waals surface area contributed by atoms with Crippen molar-refractivity contribution in [3.63, 3.8) is 0 Å². The number of methoxy groups -OCH3 is 1. The average molecular weight is 204 g/mol. The predicted octanol–water partition coefficient (Wildman–Crippen LogP) is 1.37. The van der Waals surface area contributed by atoms with Gasteiger partial charge in [-0.1, -0.05) is 18.2 Å². The summed E-state index contributed by atoms with van der Waals surface area (Å²) in [7, 11) is 1.41. The highest BCUT2D eigenvalue weighted by molar-refractivity contribution is 5.93. The van der Waals surface area contributed by atoms with Crippen molar-refractivity contribution in [2.75, 3.05) is 13.7 Å². The average Bonchev–Trinajstić information content (AvgIpc) is 2.70. The van der Waals surface area contributed by atoms with Crippen molar-refractivity contribution in [1.82, 2.24) is 0 Å². The fourth-order valence-electron chi connectivity index (χ4n) is 2.61. The molecule has 3 aliphatic carbocycles. The van der Waals surface area contributed by atoms with Crippen LogP contribution in [0, 0.1) is 5.92 Å². The van der Waals surface area contributed by atoms with Crippen LogP contribution < -0.4 is 0 Å². The van der Waals surface area contributed by atoms with Gasteiger partial charge in [-0.05, 0) is 24.0 Å². The Balaban J connectivity index is 2.11. The quantitative estimate of drug-likeness (QED) is 0.478. The zero-order valence-corrected chi connectivity index (χ0v) is 8.53. The molecule has 1 spiro atoms. The summed E-state index contributed by atoms with van der Waals surface area (Å²) < 4.78 is 10.5. The van der Waals surface area contributed by atoms with Gasteiger partial charge in [0.2, 0.25) is 0 Å². The van der Waals surface area contributed by atoms with Crippen LogP contribution in [0.15, 0.2) is 35.5 Å². The number of ether oxygens (including phenoxy) is 2. The molecule has 0 radical (unpaired) electrons. The second-order valence-electron chi connectivity index (χ2n) is 4.08. The van der Waals surface area contributed by atoms with E-state index in [0.29, 0.717) is 18.1 Å². The molecule has 0 fully saturated rings. The first kappa shape index (κ1) is 8.92. The third kappa shape index (κ3) is 1.01. The fourth-order valence-corrected chi connectivity index (χ4v) is 2.61. The number of hydrogen-bond acceptors (Lipinski definition) is 3. The van der Waals surface area contributed by atoms with Crippen molar-refractivity contribution in [3.8, 4) is 0 Å². The van der Waals surface area contributed by atoms with E-state index >= 15 is 0 Å². The van der Waals surface area contributed by atoms with Crippen molar-refractivity contribution < 1.29 is 14.3 Å². The van der Waals surface area contributed by atoms with Crippen LogP contribution in [-0.4, -0.2) is 25.3 Å². The molecule has 0 amide bonds. The SMILES string of the molecule is COC(=O)C1=CC2C=CC13OCC=C3C2. The van der Waals surface area contributed by atoms with Crippen molar-refractivity contribution >= 4 is 5.97 Å². The third-order valence-corrected chi connectivity index (χ3v) is 3.34. The van der Waals surface area contributed by atoms with E-state index in [0.717, 1.165) is 6.42 Å². The van der Waals surface area contributed by atoms with Crippen LogP contribution in [0.5, 0.6) is 0 Å². The van der Waals surface area contributed by atoms with Crippen LogP contribution in [0.25, 0.3) is 0 Å². The Kier molecular flexibility index (Phi) is 1.68. The Morgan fingerprint density at radius 1 is 1.67 bits per heavy atom. The Morgan fingerprint density at radius 3 is 3.33 bits per heavy atom. The topological polar surface area (TPSA) is 35.5 Å². The van der Waals surface area contributed by atoms with Gasteiger partial charge in [0.05, 0.1) is 19.3 Å². The fraction of sp³-hybridized carbons (Fsp3) is 0.417. The number of hydrogen-bond donors (Lipinski definition) is 0. The predicted molar refractivity (Wildman–Crippen MR) is 54.1 cm³/mol. The summed E-state index contributed by atoms with van der Waals surface area (Å²) in [5.41, 5.74) is 1.26. The highest BCUT2D eigenvalue weighted by atomic mass is 16.5. The summed E-state index contributed by atoms with van der Waals surface area (Å²) in [6, 6.07) is 0. The molecule has 0 saturated carbocycles. The largest absolute Gasteiger partial charge is 0.466 e. The number of carbonyl (C=O) groups excluding carboxylic acids is 1. The molecular weight excluding hydrogens is 192 g/mol. The molecule has 0 aromatic rings. The lowest BCUT2D eigenvalue weighted by Crippen LogP contribution is -2.42. The first-order chi connectivity index (χ1) is 7.26. The molecule has 3 heteroatoms. The number of allylic oxidation sites excluding steroid dienone is 2. The van der Waals surface area contributed by atoms with E-state index in [1.54, 1.807) is 0 Å². The second kappa shape index (κ2) is 2.83. The summed E-state index contributed by atoms with van der Waals surface area (Å²) >= 11 is 0. The summed E-state index contributed by atoms with van der Waals surface area (Å²) in [5.74, 6) is 0.0470. The minimum absolute atomic E-state index is 0.281. The third-order valence-electron chi connectivity index (χ3n) is 3.34. The lowest BCUT2D eigenvalue weighted by atomic mass is 9.70. The molecule has 0 aromatic carbocycles. The maximum Gasteiger partial charge on any atom is 0.337 e. The van der Waals surface area contributed by atoms with Crippen LogP contribution in [0.3, 0.4) is 0 Å². The highest BCUT2D eigenvalue weighted by Gasteiger charge is 2.49. The van der Waals surface area contributed by atoms with Crippen LogP contribution in [0.1, 0.15) is 6.42 Å². The van der Waals surface area contributed by atoms with Gasteiger partial charge in [0.25, 0.3) is 0 Å². The lowest BCUT2D eigenvalue weighted by molar-refractivity contribution is -0.138. The molecule has 1 heterocycles. The van der Waals surface area contributed by atoms with E-state index < -0.39 is 5.60 Å². The first-order valence-electron chi connectivity index (χ1n) is 5.10. The van der Waals surface area contributed by atoms with Crippen molar-refractivity contribution in [2.45, 2.75) is 12.0 Å². The molecule has 0 aromatic heterocycles. The molecule has 0 saturated heterocycles. The Bertz CT molecular complexity index is 417. The van der Waals surface area contributed by atoms with E-state index in [9.17, 15) is 4.79 Å². The van der Waals surface area contributed by atoms with Gasteiger partial charge in [0.15, 0.2) is 0 Å². The van der Waals surface area contributed by atoms with Crippen LogP contribution >= 0.6 is 0 Å². The first-order valence-corrected chi connectivity index (χ1v) is 5.10. The van der Waals surface area contributed by atoms with Crippen LogP contribution in [0.2, 0.25) is 0 Å². The van der Waals surface area contributed by atoms with Crippen molar-refractivity contribution in [3.05, 3.63) is 35.5 Å². The molecule has 1 aliphatic heterocycles. The molecule has 2 unspecified atom stereocenters. The van der Waals surface area contributed by atoms with E-state index in [4.69, 9.17) is 9.47 Å². The molecule has 0 N–H and O–H groups in total. The summed E-state index contributed by atoms with van der Waals surface area (Å²) in [6.45, 7) is 0.584. The number of rotatable bonds is 1. The second-order valence-corrected chi connectivity index (χ2v) is 4.08. The highest BCUT2D eigenvalue weighted by Crippen LogP contribution is 2.48. The lowest BCUT2D eigenvalue weighted by Gasteiger charge is -2.39. The summed E-state index contributed by atoms with van der Waals surface area (Å²) in [4.78, 5) is 11.7. The number of carbonyl (C=O) groups is 1. The zero-order chi connectivity index (χ0) is 10.5. The zero-order valence-electron chi connectivity index (χ0n) is 8.53. The Morgan fingerprint density at radius 2 is 2.53 bits per heavy atom. The molecule has 15 heavy (non-hydrogen) atoms. The van der Waals surface area contributed by atoms with Gasteiger partial charge in [0, 0.05) is 0 Å². The standard InChI is InChI=1S/C12H12O3/c1-14-11(13)10-7-8-2-4-12(10)9(6-8)3-5-15-12/h2-4,7-8H,5-6H2,1H3. The van der Waals surface area contributed by atoms with Gasteiger partial charge in [-0.25, -0.2) is 4.79 Å². The van der Waals surface area contributed by atoms with Gasteiger partial charge < -0.3 is 9.47 Å². The van der Waals surface area contributed by atoms with Gasteiger partial charge in [0.1, 0.15) is 5.60 Å². The van der Waals surface area contributed by atoms with Gasteiger partial charge in [-0.3, -0.25) is 0 Å².